The summed E-state index contributed by atoms with van der Waals surface area (Å²) in [5.74, 6) is -2.08. The van der Waals surface area contributed by atoms with Gasteiger partial charge in [0.1, 0.15) is 0 Å². The Balaban J connectivity index is 2.25. The second kappa shape index (κ2) is 10.0. The number of benzene rings is 2. The minimum absolute atomic E-state index is 0.00194. The van der Waals surface area contributed by atoms with Gasteiger partial charge >= 0.3 is 6.18 Å². The van der Waals surface area contributed by atoms with Crippen LogP contribution in [-0.4, -0.2) is 12.1 Å². The second-order valence-corrected chi connectivity index (χ2v) is 9.56. The number of alkyl halides is 3. The summed E-state index contributed by atoms with van der Waals surface area (Å²) < 4.78 is 41.0. The van der Waals surface area contributed by atoms with E-state index in [2.05, 4.69) is 5.32 Å². The first-order valence-corrected chi connectivity index (χ1v) is 10.7. The summed E-state index contributed by atoms with van der Waals surface area (Å²) in [6.07, 6.45) is -2.25. The minimum atomic E-state index is -4.57. The molecule has 0 saturated carbocycles. The van der Waals surface area contributed by atoms with E-state index >= 15 is 0 Å². The van der Waals surface area contributed by atoms with E-state index in [0.29, 0.717) is 16.1 Å². The molecular weight excluding hydrogens is 493 g/mol. The third-order valence-electron chi connectivity index (χ3n) is 4.40. The van der Waals surface area contributed by atoms with E-state index in [9.17, 15) is 18.0 Å². The zero-order valence-corrected chi connectivity index (χ0v) is 19.9. The smallest absolute Gasteiger partial charge is 0.352 e. The van der Waals surface area contributed by atoms with Gasteiger partial charge in [0.2, 0.25) is 5.91 Å². The van der Waals surface area contributed by atoms with Crippen LogP contribution in [0.1, 0.15) is 43.4 Å². The average molecular weight is 513 g/mol. The lowest BCUT2D eigenvalue weighted by Gasteiger charge is -2.19. The minimum Gasteiger partial charge on any atom is -0.352 e. The van der Waals surface area contributed by atoms with Crippen LogP contribution >= 0.6 is 46.4 Å². The highest BCUT2D eigenvalue weighted by atomic mass is 35.5. The molecule has 2 nitrogen and oxygen atoms in total. The van der Waals surface area contributed by atoms with Gasteiger partial charge in [-0.2, -0.15) is 13.2 Å². The second-order valence-electron chi connectivity index (χ2n) is 7.96. The summed E-state index contributed by atoms with van der Waals surface area (Å²) in [6.45, 7) is 5.58. The molecule has 0 aliphatic carbocycles. The van der Waals surface area contributed by atoms with Gasteiger partial charge in [0.05, 0.1) is 21.0 Å². The molecule has 9 heteroatoms. The predicted molar refractivity (Wildman–Crippen MR) is 122 cm³/mol. The Bertz CT molecular complexity index is 974. The Morgan fingerprint density at radius 3 is 2.06 bits per heavy atom. The molecule has 2 aromatic carbocycles. The molecule has 1 amide bonds. The number of hydrogen-bond donors (Lipinski definition) is 1. The maximum absolute atomic E-state index is 13.7. The standard InChI is InChI=1S/C22H20Cl4F3NO/c1-21(2,3)20(31)30-11-13-6-4-12(8-16(13)23)5-7-15(22(27,28)29)14-9-17(24)19(26)18(25)10-14/h4-10,15H,11H2,1-3H3,(H,30,31). The van der Waals surface area contributed by atoms with Crippen LogP contribution in [-0.2, 0) is 11.3 Å². The number of hydrogen-bond acceptors (Lipinski definition) is 1. The Morgan fingerprint density at radius 1 is 1.00 bits per heavy atom. The molecule has 0 spiro atoms. The van der Waals surface area contributed by atoms with Crippen molar-refractivity contribution < 1.29 is 18.0 Å². The van der Waals surface area contributed by atoms with Crippen LogP contribution < -0.4 is 5.32 Å². The van der Waals surface area contributed by atoms with Gasteiger partial charge in [-0.15, -0.1) is 0 Å². The summed E-state index contributed by atoms with van der Waals surface area (Å²) in [5, 5.41) is 2.99. The molecular formula is C22H20Cl4F3NO. The monoisotopic (exact) mass is 511 g/mol. The first kappa shape index (κ1) is 25.9. The van der Waals surface area contributed by atoms with Gasteiger partial charge in [-0.25, -0.2) is 0 Å². The summed E-state index contributed by atoms with van der Waals surface area (Å²) in [5.41, 5.74) is 0.446. The lowest BCUT2D eigenvalue weighted by Crippen LogP contribution is -2.34. The van der Waals surface area contributed by atoms with Crippen molar-refractivity contribution in [3.05, 3.63) is 73.2 Å². The van der Waals surface area contributed by atoms with Crippen molar-refractivity contribution in [2.75, 3.05) is 0 Å². The van der Waals surface area contributed by atoms with E-state index < -0.39 is 17.5 Å². The van der Waals surface area contributed by atoms with E-state index in [1.165, 1.54) is 12.1 Å². The van der Waals surface area contributed by atoms with Gasteiger partial charge < -0.3 is 5.32 Å². The Hall–Kier alpha value is -1.40. The van der Waals surface area contributed by atoms with Crippen molar-refractivity contribution in [2.24, 2.45) is 5.41 Å². The van der Waals surface area contributed by atoms with Crippen molar-refractivity contribution in [3.63, 3.8) is 0 Å². The zero-order chi connectivity index (χ0) is 23.6. The fourth-order valence-corrected chi connectivity index (χ4v) is 3.49. The highest BCUT2D eigenvalue weighted by molar-refractivity contribution is 6.48. The largest absolute Gasteiger partial charge is 0.399 e. The van der Waals surface area contributed by atoms with Gasteiger partial charge in [-0.05, 0) is 34.9 Å². The van der Waals surface area contributed by atoms with Crippen LogP contribution in [0.15, 0.2) is 36.4 Å². The molecule has 0 aliphatic rings. The molecule has 168 valence electrons. The number of halogens is 7. The van der Waals surface area contributed by atoms with E-state index in [4.69, 9.17) is 46.4 Å². The summed E-state index contributed by atoms with van der Waals surface area (Å²) in [4.78, 5) is 12.0. The van der Waals surface area contributed by atoms with Crippen LogP contribution in [0.2, 0.25) is 20.1 Å². The fourth-order valence-electron chi connectivity index (χ4n) is 2.62. The van der Waals surface area contributed by atoms with Gasteiger partial charge in [-0.3, -0.25) is 4.79 Å². The van der Waals surface area contributed by atoms with E-state index in [0.717, 1.165) is 18.2 Å². The Labute approximate surface area is 199 Å². The zero-order valence-electron chi connectivity index (χ0n) is 16.9. The van der Waals surface area contributed by atoms with Crippen LogP contribution in [0.4, 0.5) is 13.2 Å². The van der Waals surface area contributed by atoms with Crippen molar-refractivity contribution in [2.45, 2.75) is 39.4 Å². The number of carbonyl (C=O) groups excluding carboxylic acids is 1. The topological polar surface area (TPSA) is 29.1 Å². The van der Waals surface area contributed by atoms with Crippen LogP contribution in [0.5, 0.6) is 0 Å². The maximum Gasteiger partial charge on any atom is 0.399 e. The van der Waals surface area contributed by atoms with E-state index in [1.807, 2.05) is 0 Å². The van der Waals surface area contributed by atoms with Gasteiger partial charge in [-0.1, -0.05) is 91.5 Å². The maximum atomic E-state index is 13.7. The normalized spacial score (nSPS) is 13.5. The van der Waals surface area contributed by atoms with Crippen molar-refractivity contribution in [1.82, 2.24) is 5.32 Å². The molecule has 0 heterocycles. The number of amides is 1. The number of carbonyl (C=O) groups is 1. The van der Waals surface area contributed by atoms with Crippen molar-refractivity contribution in [3.8, 4) is 0 Å². The lowest BCUT2D eigenvalue weighted by molar-refractivity contribution is -0.139. The van der Waals surface area contributed by atoms with Crippen LogP contribution in [0.25, 0.3) is 6.08 Å². The molecule has 0 aromatic heterocycles. The highest BCUT2D eigenvalue weighted by Gasteiger charge is 2.39. The molecule has 1 unspecified atom stereocenters. The highest BCUT2D eigenvalue weighted by Crippen LogP contribution is 2.41. The molecule has 1 atom stereocenters. The summed E-state index contributed by atoms with van der Waals surface area (Å²) >= 11 is 23.9. The lowest BCUT2D eigenvalue weighted by atomic mass is 9.95. The molecule has 1 N–H and O–H groups in total. The third kappa shape index (κ3) is 7.04. The summed E-state index contributed by atoms with van der Waals surface area (Å²) in [6, 6.07) is 7.10. The molecule has 2 aromatic rings. The van der Waals surface area contributed by atoms with E-state index in [1.54, 1.807) is 32.9 Å². The molecule has 0 saturated heterocycles. The average Bonchev–Trinajstić information content (AvgIpc) is 2.63. The fraction of sp³-hybridized carbons (Fsp3) is 0.318. The molecule has 0 radical (unpaired) electrons. The predicted octanol–water partition coefficient (Wildman–Crippen LogP) is 8.32. The molecule has 31 heavy (non-hydrogen) atoms. The van der Waals surface area contributed by atoms with E-state index in [-0.39, 0.29) is 33.1 Å². The van der Waals surface area contributed by atoms with Crippen molar-refractivity contribution in [1.29, 1.82) is 0 Å². The van der Waals surface area contributed by atoms with Gasteiger partial charge in [0.15, 0.2) is 0 Å². The van der Waals surface area contributed by atoms with Gasteiger partial charge in [0.25, 0.3) is 0 Å². The first-order chi connectivity index (χ1) is 14.2. The van der Waals surface area contributed by atoms with Crippen LogP contribution in [0.3, 0.4) is 0 Å². The summed E-state index contributed by atoms with van der Waals surface area (Å²) in [7, 11) is 0. The third-order valence-corrected chi connectivity index (χ3v) is 5.95. The molecule has 0 fully saturated rings. The number of rotatable bonds is 5. The SMILES string of the molecule is CC(C)(C)C(=O)NCc1ccc(C=CC(c2cc(Cl)c(Cl)c(Cl)c2)C(F)(F)F)cc1Cl. The van der Waals surface area contributed by atoms with Gasteiger partial charge in [0, 0.05) is 17.0 Å². The molecule has 0 bridgehead atoms. The number of allylic oxidation sites excluding steroid dienone is 1. The number of nitrogens with one attached hydrogen (secondary N) is 1. The first-order valence-electron chi connectivity index (χ1n) is 9.16. The Morgan fingerprint density at radius 2 is 1.58 bits per heavy atom. The molecule has 2 rings (SSSR count). The van der Waals surface area contributed by atoms with Crippen LogP contribution in [0, 0.1) is 5.41 Å². The molecule has 0 aliphatic heterocycles. The van der Waals surface area contributed by atoms with Crippen molar-refractivity contribution >= 4 is 58.4 Å². The quantitative estimate of drug-likeness (QED) is 0.401. The Kier molecular flexibility index (Phi) is 8.37.